The zero-order chi connectivity index (χ0) is 21.6. The average Bonchev–Trinajstić information content (AvgIpc) is 3.33. The van der Waals surface area contributed by atoms with Crippen LogP contribution in [0, 0.1) is 0 Å². The van der Waals surface area contributed by atoms with Gasteiger partial charge < -0.3 is 9.26 Å². The van der Waals surface area contributed by atoms with Crippen LogP contribution in [-0.2, 0) is 11.2 Å². The second-order valence-corrected chi connectivity index (χ2v) is 9.45. The minimum absolute atomic E-state index is 0.116. The Morgan fingerprint density at radius 3 is 1.94 bits per heavy atom. The molecule has 0 unspecified atom stereocenters. The first kappa shape index (κ1) is 20.5. The molecule has 4 aromatic rings. The lowest BCUT2D eigenvalue weighted by atomic mass is 10.1. The molecule has 3 nitrogen and oxygen atoms in total. The van der Waals surface area contributed by atoms with E-state index in [4.69, 9.17) is 14.3 Å². The number of hydrogen-bond donors (Lipinski definition) is 0. The van der Waals surface area contributed by atoms with Gasteiger partial charge in [0.15, 0.2) is 8.15 Å². The van der Waals surface area contributed by atoms with Crippen LogP contribution in [0.3, 0.4) is 0 Å². The predicted octanol–water partition coefficient (Wildman–Crippen LogP) is 5.50. The Morgan fingerprint density at radius 2 is 1.28 bits per heavy atom. The molecule has 1 aliphatic rings. The Bertz CT molecular complexity index is 1140. The molecule has 4 aromatic carbocycles. The topological polar surface area (TPSA) is 30.8 Å². The van der Waals surface area contributed by atoms with Crippen molar-refractivity contribution < 1.29 is 9.26 Å². The van der Waals surface area contributed by atoms with Crippen LogP contribution in [0.25, 0.3) is 0 Å². The molecule has 1 atom stereocenters. The van der Waals surface area contributed by atoms with Crippen LogP contribution in [0.4, 0.5) is 0 Å². The van der Waals surface area contributed by atoms with Crippen molar-refractivity contribution in [3.63, 3.8) is 0 Å². The SMILES string of the molecule is c1ccc(C[C@@H]2COC(c3ccccc3OP(c3ccccc3)c3ccccc3)=N2)cc1. The van der Waals surface area contributed by atoms with Crippen LogP contribution < -0.4 is 15.1 Å². The highest BCUT2D eigenvalue weighted by Crippen LogP contribution is 2.38. The molecule has 0 saturated carbocycles. The van der Waals surface area contributed by atoms with E-state index in [2.05, 4.69) is 72.8 Å². The van der Waals surface area contributed by atoms with Crippen molar-refractivity contribution in [1.82, 2.24) is 0 Å². The molecule has 0 fully saturated rings. The molecule has 32 heavy (non-hydrogen) atoms. The summed E-state index contributed by atoms with van der Waals surface area (Å²) in [5.74, 6) is 1.46. The van der Waals surface area contributed by atoms with Crippen molar-refractivity contribution in [3.05, 3.63) is 126 Å². The smallest absolute Gasteiger partial charge is 0.220 e. The van der Waals surface area contributed by atoms with Crippen LogP contribution in [-0.4, -0.2) is 18.5 Å². The molecule has 158 valence electrons. The van der Waals surface area contributed by atoms with Gasteiger partial charge in [0, 0.05) is 10.6 Å². The summed E-state index contributed by atoms with van der Waals surface area (Å²) in [6.07, 6.45) is 0.869. The largest absolute Gasteiger partial charge is 0.475 e. The first-order chi connectivity index (χ1) is 15.9. The zero-order valence-corrected chi connectivity index (χ0v) is 18.6. The Morgan fingerprint density at radius 1 is 0.719 bits per heavy atom. The molecule has 0 bridgehead atoms. The van der Waals surface area contributed by atoms with Gasteiger partial charge in [0.25, 0.3) is 0 Å². The number of rotatable bonds is 7. The van der Waals surface area contributed by atoms with E-state index in [1.165, 1.54) is 16.2 Å². The third kappa shape index (κ3) is 4.74. The van der Waals surface area contributed by atoms with Gasteiger partial charge in [0.05, 0.1) is 11.6 Å². The number of nitrogens with zero attached hydrogens (tertiary/aromatic N) is 1. The molecule has 0 amide bonds. The molecule has 0 spiro atoms. The maximum Gasteiger partial charge on any atom is 0.220 e. The van der Waals surface area contributed by atoms with Crippen LogP contribution >= 0.6 is 8.15 Å². The highest BCUT2D eigenvalue weighted by Gasteiger charge is 2.25. The van der Waals surface area contributed by atoms with E-state index in [1.54, 1.807) is 0 Å². The van der Waals surface area contributed by atoms with Gasteiger partial charge in [0.1, 0.15) is 12.4 Å². The van der Waals surface area contributed by atoms with Crippen LogP contribution in [0.5, 0.6) is 5.75 Å². The van der Waals surface area contributed by atoms with E-state index in [1.807, 2.05) is 42.5 Å². The van der Waals surface area contributed by atoms with Crippen LogP contribution in [0.15, 0.2) is 120 Å². The number of hydrogen-bond acceptors (Lipinski definition) is 3. The lowest BCUT2D eigenvalue weighted by molar-refractivity contribution is 0.316. The molecule has 5 rings (SSSR count). The Labute approximate surface area is 190 Å². The normalized spacial score (nSPS) is 15.3. The molecule has 0 aromatic heterocycles. The third-order valence-electron chi connectivity index (χ3n) is 5.31. The second kappa shape index (κ2) is 9.80. The Hall–Kier alpha value is -3.42. The van der Waals surface area contributed by atoms with Gasteiger partial charge in [-0.05, 0) is 24.1 Å². The van der Waals surface area contributed by atoms with Crippen molar-refractivity contribution in [1.29, 1.82) is 0 Å². The number of benzene rings is 4. The molecule has 1 heterocycles. The van der Waals surface area contributed by atoms with Gasteiger partial charge in [-0.2, -0.15) is 0 Å². The van der Waals surface area contributed by atoms with E-state index >= 15 is 0 Å². The molecule has 0 N–H and O–H groups in total. The summed E-state index contributed by atoms with van der Waals surface area (Å²) >= 11 is 0. The molecule has 1 aliphatic heterocycles. The second-order valence-electron chi connectivity index (χ2n) is 7.64. The van der Waals surface area contributed by atoms with Gasteiger partial charge in [-0.15, -0.1) is 0 Å². The number of aliphatic imine (C=N–C) groups is 1. The lowest BCUT2D eigenvalue weighted by Crippen LogP contribution is -2.16. The van der Waals surface area contributed by atoms with Crippen molar-refractivity contribution in [2.24, 2.45) is 4.99 Å². The van der Waals surface area contributed by atoms with Gasteiger partial charge >= 0.3 is 0 Å². The van der Waals surface area contributed by atoms with Crippen molar-refractivity contribution in [2.45, 2.75) is 12.5 Å². The minimum atomic E-state index is -1.02. The van der Waals surface area contributed by atoms with Crippen molar-refractivity contribution >= 4 is 24.7 Å². The lowest BCUT2D eigenvalue weighted by Gasteiger charge is -2.21. The monoisotopic (exact) mass is 437 g/mol. The summed E-state index contributed by atoms with van der Waals surface area (Å²) < 4.78 is 12.7. The maximum atomic E-state index is 6.69. The maximum absolute atomic E-state index is 6.69. The quantitative estimate of drug-likeness (QED) is 0.358. The summed E-state index contributed by atoms with van der Waals surface area (Å²) in [5.41, 5.74) is 2.18. The van der Waals surface area contributed by atoms with Crippen LogP contribution in [0.1, 0.15) is 11.1 Å². The van der Waals surface area contributed by atoms with Crippen LogP contribution in [0.2, 0.25) is 0 Å². The highest BCUT2D eigenvalue weighted by molar-refractivity contribution is 7.68. The Kier molecular flexibility index (Phi) is 6.28. The van der Waals surface area contributed by atoms with E-state index < -0.39 is 8.15 Å². The molecular weight excluding hydrogens is 413 g/mol. The van der Waals surface area contributed by atoms with E-state index in [-0.39, 0.29) is 6.04 Å². The van der Waals surface area contributed by atoms with Crippen molar-refractivity contribution in [2.75, 3.05) is 6.61 Å². The fourth-order valence-corrected chi connectivity index (χ4v) is 5.51. The van der Waals surface area contributed by atoms with E-state index in [0.717, 1.165) is 17.7 Å². The molecular formula is C28H24NO2P. The van der Waals surface area contributed by atoms with Crippen molar-refractivity contribution in [3.8, 4) is 5.75 Å². The summed E-state index contributed by atoms with van der Waals surface area (Å²) in [5, 5.41) is 2.33. The predicted molar refractivity (Wildman–Crippen MR) is 133 cm³/mol. The van der Waals surface area contributed by atoms with E-state index in [9.17, 15) is 0 Å². The minimum Gasteiger partial charge on any atom is -0.475 e. The number of ether oxygens (including phenoxy) is 1. The highest BCUT2D eigenvalue weighted by atomic mass is 31.1. The fourth-order valence-electron chi connectivity index (χ4n) is 3.76. The average molecular weight is 437 g/mol. The fraction of sp³-hybridized carbons (Fsp3) is 0.107. The van der Waals surface area contributed by atoms with Gasteiger partial charge in [0.2, 0.25) is 5.90 Å². The zero-order valence-electron chi connectivity index (χ0n) is 17.7. The Balaban J connectivity index is 1.43. The summed E-state index contributed by atoms with van der Waals surface area (Å²) in [6, 6.07) is 39.4. The van der Waals surface area contributed by atoms with Gasteiger partial charge in [-0.1, -0.05) is 103 Å². The summed E-state index contributed by atoms with van der Waals surface area (Å²) in [7, 11) is -1.02. The first-order valence-electron chi connectivity index (χ1n) is 10.8. The summed E-state index contributed by atoms with van der Waals surface area (Å²) in [6.45, 7) is 0.588. The molecule has 0 aliphatic carbocycles. The standard InChI is InChI=1S/C28H24NO2P/c1-4-12-22(13-5-1)20-23-21-30-28(29-23)26-18-10-11-19-27(26)31-32(24-14-6-2-7-15-24)25-16-8-3-9-17-25/h1-19,23H,20-21H2/t23-/m1/s1. The summed E-state index contributed by atoms with van der Waals surface area (Å²) in [4.78, 5) is 4.89. The first-order valence-corrected chi connectivity index (χ1v) is 12.0. The van der Waals surface area contributed by atoms with Gasteiger partial charge in [-0.3, -0.25) is 0 Å². The third-order valence-corrected chi connectivity index (χ3v) is 7.23. The van der Waals surface area contributed by atoms with E-state index in [0.29, 0.717) is 12.5 Å². The van der Waals surface area contributed by atoms with Gasteiger partial charge in [-0.25, -0.2) is 4.99 Å². The molecule has 0 saturated heterocycles. The number of para-hydroxylation sites is 1. The molecule has 4 heteroatoms. The molecule has 0 radical (unpaired) electrons.